The SMILES string of the molecule is COc1nnc(Cl)n1C(C)(C)C. The van der Waals surface area contributed by atoms with Crippen molar-refractivity contribution in [1.82, 2.24) is 14.8 Å². The Morgan fingerprint density at radius 3 is 2.25 bits per heavy atom. The lowest BCUT2D eigenvalue weighted by Crippen LogP contribution is -2.22. The Balaban J connectivity index is 3.19. The molecule has 1 aromatic rings. The summed E-state index contributed by atoms with van der Waals surface area (Å²) in [5.74, 6) is 0. The number of hydrogen-bond acceptors (Lipinski definition) is 3. The van der Waals surface area contributed by atoms with Gasteiger partial charge < -0.3 is 4.74 Å². The van der Waals surface area contributed by atoms with Crippen LogP contribution in [0.3, 0.4) is 0 Å². The molecule has 1 rings (SSSR count). The molecule has 0 spiro atoms. The molecule has 12 heavy (non-hydrogen) atoms. The minimum absolute atomic E-state index is 0.161. The number of aromatic nitrogens is 3. The van der Waals surface area contributed by atoms with Gasteiger partial charge in [0.25, 0.3) is 0 Å². The van der Waals surface area contributed by atoms with Crippen LogP contribution < -0.4 is 4.74 Å². The zero-order valence-electron chi connectivity index (χ0n) is 7.63. The van der Waals surface area contributed by atoms with Crippen LogP contribution in [0, 0.1) is 0 Å². The van der Waals surface area contributed by atoms with Crippen LogP contribution in [0.1, 0.15) is 20.8 Å². The molecule has 0 aromatic carbocycles. The Morgan fingerprint density at radius 1 is 1.33 bits per heavy atom. The number of hydrogen-bond donors (Lipinski definition) is 0. The highest BCUT2D eigenvalue weighted by Gasteiger charge is 2.22. The van der Waals surface area contributed by atoms with E-state index in [-0.39, 0.29) is 5.54 Å². The van der Waals surface area contributed by atoms with Gasteiger partial charge in [-0.3, -0.25) is 4.57 Å². The number of nitrogens with zero attached hydrogens (tertiary/aromatic N) is 3. The van der Waals surface area contributed by atoms with Gasteiger partial charge in [-0.25, -0.2) is 0 Å². The molecule has 0 saturated heterocycles. The van der Waals surface area contributed by atoms with E-state index in [9.17, 15) is 0 Å². The van der Waals surface area contributed by atoms with Crippen LogP contribution in [0.5, 0.6) is 6.01 Å². The number of methoxy groups -OCH3 is 1. The Labute approximate surface area is 76.5 Å². The lowest BCUT2D eigenvalue weighted by molar-refractivity contribution is 0.298. The molecule has 4 nitrogen and oxygen atoms in total. The van der Waals surface area contributed by atoms with Crippen molar-refractivity contribution in [1.29, 1.82) is 0 Å². The average molecular weight is 190 g/mol. The van der Waals surface area contributed by atoms with E-state index in [2.05, 4.69) is 10.2 Å². The fourth-order valence-electron chi connectivity index (χ4n) is 0.948. The van der Waals surface area contributed by atoms with Gasteiger partial charge >= 0.3 is 6.01 Å². The standard InChI is InChI=1S/C7H12ClN3O/c1-7(2,3)11-5(8)9-10-6(11)12-4/h1-4H3. The predicted octanol–water partition coefficient (Wildman–Crippen LogP) is 1.70. The first kappa shape index (κ1) is 9.32. The largest absolute Gasteiger partial charge is 0.467 e. The second-order valence-electron chi connectivity index (χ2n) is 3.46. The minimum Gasteiger partial charge on any atom is -0.467 e. The van der Waals surface area contributed by atoms with Gasteiger partial charge in [0.2, 0.25) is 5.28 Å². The molecule has 5 heteroatoms. The van der Waals surface area contributed by atoms with Crippen LogP contribution in [-0.2, 0) is 5.54 Å². The summed E-state index contributed by atoms with van der Waals surface area (Å²) in [6, 6.07) is 0.438. The van der Waals surface area contributed by atoms with E-state index in [1.165, 1.54) is 0 Å². The van der Waals surface area contributed by atoms with Gasteiger partial charge in [0.15, 0.2) is 0 Å². The molecule has 0 N–H and O–H groups in total. The molecule has 0 fully saturated rings. The third kappa shape index (κ3) is 1.53. The molecule has 0 bridgehead atoms. The molecule has 68 valence electrons. The van der Waals surface area contributed by atoms with Gasteiger partial charge in [-0.2, -0.15) is 0 Å². The molecule has 0 aliphatic heterocycles. The van der Waals surface area contributed by atoms with E-state index in [0.717, 1.165) is 0 Å². The van der Waals surface area contributed by atoms with E-state index < -0.39 is 0 Å². The van der Waals surface area contributed by atoms with Gasteiger partial charge in [-0.15, -0.1) is 5.10 Å². The second-order valence-corrected chi connectivity index (χ2v) is 3.80. The fourth-order valence-corrected chi connectivity index (χ4v) is 1.31. The highest BCUT2D eigenvalue weighted by molar-refractivity contribution is 6.28. The van der Waals surface area contributed by atoms with Crippen molar-refractivity contribution in [2.24, 2.45) is 0 Å². The normalized spacial score (nSPS) is 11.8. The average Bonchev–Trinajstić information content (AvgIpc) is 2.29. The Bertz CT molecular complexity index is 277. The van der Waals surface area contributed by atoms with E-state index in [1.54, 1.807) is 11.7 Å². The van der Waals surface area contributed by atoms with Crippen LogP contribution >= 0.6 is 11.6 Å². The van der Waals surface area contributed by atoms with Gasteiger partial charge in [0.1, 0.15) is 0 Å². The highest BCUT2D eigenvalue weighted by Crippen LogP contribution is 2.25. The summed E-state index contributed by atoms with van der Waals surface area (Å²) in [5, 5.41) is 7.81. The zero-order chi connectivity index (χ0) is 9.35. The second kappa shape index (κ2) is 2.94. The number of halogens is 1. The smallest absolute Gasteiger partial charge is 0.318 e. The van der Waals surface area contributed by atoms with Crippen molar-refractivity contribution < 1.29 is 4.74 Å². The summed E-state index contributed by atoms with van der Waals surface area (Å²) < 4.78 is 6.73. The summed E-state index contributed by atoms with van der Waals surface area (Å²) in [6.45, 7) is 6.01. The quantitative estimate of drug-likeness (QED) is 0.675. The van der Waals surface area contributed by atoms with Crippen LogP contribution in [0.25, 0.3) is 0 Å². The molecule has 1 heterocycles. The molecule has 0 aliphatic carbocycles. The van der Waals surface area contributed by atoms with E-state index in [4.69, 9.17) is 16.3 Å². The molecule has 0 saturated carbocycles. The summed E-state index contributed by atoms with van der Waals surface area (Å²) in [4.78, 5) is 0. The van der Waals surface area contributed by atoms with Crippen molar-refractivity contribution in [2.75, 3.05) is 7.11 Å². The van der Waals surface area contributed by atoms with E-state index in [0.29, 0.717) is 11.3 Å². The Kier molecular flexibility index (Phi) is 2.28. The maximum atomic E-state index is 5.82. The fraction of sp³-hybridized carbons (Fsp3) is 0.714. The maximum Gasteiger partial charge on any atom is 0.318 e. The van der Waals surface area contributed by atoms with Crippen LogP contribution in [0.4, 0.5) is 0 Å². The number of ether oxygens (including phenoxy) is 1. The van der Waals surface area contributed by atoms with Crippen LogP contribution in [0.2, 0.25) is 5.28 Å². The van der Waals surface area contributed by atoms with Crippen molar-refractivity contribution in [3.8, 4) is 6.01 Å². The summed E-state index contributed by atoms with van der Waals surface area (Å²) in [5.41, 5.74) is -0.161. The molecule has 0 atom stereocenters. The van der Waals surface area contributed by atoms with Gasteiger partial charge in [0.05, 0.1) is 7.11 Å². The third-order valence-corrected chi connectivity index (χ3v) is 1.69. The molecule has 0 amide bonds. The van der Waals surface area contributed by atoms with Gasteiger partial charge in [0, 0.05) is 5.54 Å². The molecule has 0 unspecified atom stereocenters. The first-order valence-corrected chi connectivity index (χ1v) is 4.00. The van der Waals surface area contributed by atoms with Gasteiger partial charge in [-0.05, 0) is 32.4 Å². The monoisotopic (exact) mass is 189 g/mol. The Morgan fingerprint density at radius 2 is 1.92 bits per heavy atom. The molecule has 0 radical (unpaired) electrons. The summed E-state index contributed by atoms with van der Waals surface area (Å²) >= 11 is 5.82. The Hall–Kier alpha value is -0.770. The third-order valence-electron chi connectivity index (χ3n) is 1.45. The summed E-state index contributed by atoms with van der Waals surface area (Å²) in [6.07, 6.45) is 0. The van der Waals surface area contributed by atoms with Crippen molar-refractivity contribution in [3.05, 3.63) is 5.28 Å². The molecule has 1 aromatic heterocycles. The van der Waals surface area contributed by atoms with Crippen LogP contribution in [0.15, 0.2) is 0 Å². The molecular weight excluding hydrogens is 178 g/mol. The van der Waals surface area contributed by atoms with Crippen molar-refractivity contribution in [3.63, 3.8) is 0 Å². The van der Waals surface area contributed by atoms with Crippen molar-refractivity contribution in [2.45, 2.75) is 26.3 Å². The lowest BCUT2D eigenvalue weighted by atomic mass is 10.1. The minimum atomic E-state index is -0.161. The van der Waals surface area contributed by atoms with Gasteiger partial charge in [-0.1, -0.05) is 5.10 Å². The first-order valence-electron chi connectivity index (χ1n) is 3.62. The molecular formula is C7H12ClN3O. The van der Waals surface area contributed by atoms with Crippen LogP contribution in [-0.4, -0.2) is 21.9 Å². The van der Waals surface area contributed by atoms with E-state index in [1.807, 2.05) is 20.8 Å². The topological polar surface area (TPSA) is 39.9 Å². The zero-order valence-corrected chi connectivity index (χ0v) is 8.38. The number of rotatable bonds is 1. The summed E-state index contributed by atoms with van der Waals surface area (Å²) in [7, 11) is 1.54. The first-order chi connectivity index (χ1) is 5.46. The predicted molar refractivity (Wildman–Crippen MR) is 46.6 cm³/mol. The lowest BCUT2D eigenvalue weighted by Gasteiger charge is -2.21. The van der Waals surface area contributed by atoms with E-state index >= 15 is 0 Å². The van der Waals surface area contributed by atoms with Crippen molar-refractivity contribution >= 4 is 11.6 Å². The maximum absolute atomic E-state index is 5.82. The highest BCUT2D eigenvalue weighted by atomic mass is 35.5. The molecule has 0 aliphatic rings.